The average Bonchev–Trinajstić information content (AvgIpc) is 3.14. The number of esters is 1. The van der Waals surface area contributed by atoms with Gasteiger partial charge in [-0.1, -0.05) is 30.3 Å². The van der Waals surface area contributed by atoms with Crippen LogP contribution in [-0.2, 0) is 20.9 Å². The smallest absolute Gasteiger partial charge is 0.308 e. The Bertz CT molecular complexity index is 1090. The molecule has 0 fully saturated rings. The van der Waals surface area contributed by atoms with Crippen LogP contribution in [-0.4, -0.2) is 32.5 Å². The average molecular weight is 424 g/mol. The number of rotatable bonds is 9. The molecule has 0 aliphatic heterocycles. The normalized spacial score (nSPS) is 12.0. The molecule has 3 aromatic rings. The number of hydrogen-bond donors (Lipinski definition) is 1. The molecule has 1 amide bonds. The van der Waals surface area contributed by atoms with Crippen LogP contribution in [0.1, 0.15) is 38.3 Å². The van der Waals surface area contributed by atoms with Crippen LogP contribution in [0.2, 0.25) is 0 Å². The van der Waals surface area contributed by atoms with Crippen LogP contribution < -0.4 is 5.32 Å². The molecule has 162 valence electrons. The predicted octanol–water partition coefficient (Wildman–Crippen LogP) is 3.53. The molecule has 0 aliphatic rings. The molecule has 0 bridgehead atoms. The maximum atomic E-state index is 12.7. The molecule has 9 heteroatoms. The third-order valence-electron chi connectivity index (χ3n) is 4.69. The van der Waals surface area contributed by atoms with Crippen molar-refractivity contribution in [3.05, 3.63) is 70.5 Å². The Morgan fingerprint density at radius 2 is 1.87 bits per heavy atom. The number of aryl methyl sites for hydroxylation is 1. The van der Waals surface area contributed by atoms with E-state index in [1.54, 1.807) is 26.2 Å². The number of amides is 1. The Hall–Kier alpha value is -3.75. The number of imidazole rings is 1. The zero-order chi connectivity index (χ0) is 22.4. The first-order valence-corrected chi connectivity index (χ1v) is 9.97. The fourth-order valence-corrected chi connectivity index (χ4v) is 3.34. The first-order chi connectivity index (χ1) is 14.8. The molecule has 9 nitrogen and oxygen atoms in total. The van der Waals surface area contributed by atoms with E-state index in [1.165, 1.54) is 18.2 Å². The molecule has 1 aromatic heterocycles. The summed E-state index contributed by atoms with van der Waals surface area (Å²) in [6.07, 6.45) is 1.25. The molecule has 31 heavy (non-hydrogen) atoms. The van der Waals surface area contributed by atoms with Gasteiger partial charge in [-0.25, -0.2) is 4.98 Å². The molecule has 0 spiro atoms. The van der Waals surface area contributed by atoms with Gasteiger partial charge in [-0.3, -0.25) is 19.7 Å². The van der Waals surface area contributed by atoms with E-state index in [-0.39, 0.29) is 36.1 Å². The van der Waals surface area contributed by atoms with Gasteiger partial charge in [0.2, 0.25) is 5.91 Å². The largest absolute Gasteiger partial charge is 0.463 e. The topological polar surface area (TPSA) is 116 Å². The van der Waals surface area contributed by atoms with Gasteiger partial charge in [-0.15, -0.1) is 0 Å². The number of nitrogens with zero attached hydrogens (tertiary/aromatic N) is 3. The zero-order valence-electron chi connectivity index (χ0n) is 17.4. The molecule has 1 heterocycles. The number of carbonyl (C=O) groups is 2. The minimum Gasteiger partial charge on any atom is -0.463 e. The van der Waals surface area contributed by atoms with E-state index in [1.807, 2.05) is 28.8 Å². The Balaban J connectivity index is 1.75. The van der Waals surface area contributed by atoms with Gasteiger partial charge in [0.15, 0.2) is 0 Å². The first kappa shape index (κ1) is 21.9. The number of nitro benzene ring substituents is 1. The molecule has 1 atom stereocenters. The number of nitrogens with one attached hydrogen (secondary N) is 1. The van der Waals surface area contributed by atoms with E-state index in [0.29, 0.717) is 6.54 Å². The SMILES string of the molecule is CC(C)OC(=O)CC(NC(=O)CCn1cnc2ccccc21)c1ccccc1[N+](=O)[O-]. The van der Waals surface area contributed by atoms with E-state index < -0.39 is 16.9 Å². The summed E-state index contributed by atoms with van der Waals surface area (Å²) in [6, 6.07) is 12.8. The lowest BCUT2D eigenvalue weighted by molar-refractivity contribution is -0.385. The number of para-hydroxylation sites is 3. The van der Waals surface area contributed by atoms with Crippen molar-refractivity contribution in [2.24, 2.45) is 0 Å². The highest BCUT2D eigenvalue weighted by Crippen LogP contribution is 2.27. The van der Waals surface area contributed by atoms with Crippen molar-refractivity contribution in [1.29, 1.82) is 0 Å². The van der Waals surface area contributed by atoms with E-state index in [2.05, 4.69) is 10.3 Å². The van der Waals surface area contributed by atoms with Gasteiger partial charge in [-0.2, -0.15) is 0 Å². The third kappa shape index (κ3) is 5.65. The number of nitro groups is 1. The van der Waals surface area contributed by atoms with Gasteiger partial charge < -0.3 is 14.6 Å². The minimum absolute atomic E-state index is 0.122. The summed E-state index contributed by atoms with van der Waals surface area (Å²) in [7, 11) is 0. The van der Waals surface area contributed by atoms with Crippen molar-refractivity contribution in [3.63, 3.8) is 0 Å². The van der Waals surface area contributed by atoms with E-state index in [9.17, 15) is 19.7 Å². The maximum Gasteiger partial charge on any atom is 0.308 e. The molecule has 0 aliphatic carbocycles. The van der Waals surface area contributed by atoms with Gasteiger partial charge >= 0.3 is 5.97 Å². The Labute approximate surface area is 179 Å². The number of fused-ring (bicyclic) bond motifs is 1. The van der Waals surface area contributed by atoms with Crippen LogP contribution in [0.5, 0.6) is 0 Å². The Morgan fingerprint density at radius 3 is 2.61 bits per heavy atom. The van der Waals surface area contributed by atoms with Crippen LogP contribution in [0.25, 0.3) is 11.0 Å². The monoisotopic (exact) mass is 424 g/mol. The van der Waals surface area contributed by atoms with E-state index in [0.717, 1.165) is 11.0 Å². The van der Waals surface area contributed by atoms with Crippen molar-refractivity contribution in [3.8, 4) is 0 Å². The summed E-state index contributed by atoms with van der Waals surface area (Å²) >= 11 is 0. The van der Waals surface area contributed by atoms with Crippen LogP contribution >= 0.6 is 0 Å². The highest BCUT2D eigenvalue weighted by molar-refractivity contribution is 5.79. The van der Waals surface area contributed by atoms with Crippen LogP contribution in [0, 0.1) is 10.1 Å². The van der Waals surface area contributed by atoms with Gasteiger partial charge in [0.1, 0.15) is 0 Å². The van der Waals surface area contributed by atoms with Crippen LogP contribution in [0.3, 0.4) is 0 Å². The van der Waals surface area contributed by atoms with Crippen molar-refractivity contribution in [2.45, 2.75) is 45.4 Å². The second-order valence-corrected chi connectivity index (χ2v) is 7.36. The molecule has 0 radical (unpaired) electrons. The molecule has 2 aromatic carbocycles. The van der Waals surface area contributed by atoms with Crippen molar-refractivity contribution in [2.75, 3.05) is 0 Å². The molecule has 0 saturated heterocycles. The van der Waals surface area contributed by atoms with Gasteiger partial charge in [0, 0.05) is 19.0 Å². The molecule has 1 unspecified atom stereocenters. The van der Waals surface area contributed by atoms with Crippen molar-refractivity contribution in [1.82, 2.24) is 14.9 Å². The lowest BCUT2D eigenvalue weighted by Crippen LogP contribution is -2.32. The standard InChI is InChI=1S/C22H24N4O5/c1-15(2)31-22(28)13-18(16-7-3-5-9-19(16)26(29)30)24-21(27)11-12-25-14-23-17-8-4-6-10-20(17)25/h3-10,14-15,18H,11-13H2,1-2H3,(H,24,27). The molecule has 0 saturated carbocycles. The van der Waals surface area contributed by atoms with Crippen LogP contribution in [0.15, 0.2) is 54.9 Å². The van der Waals surface area contributed by atoms with Crippen LogP contribution in [0.4, 0.5) is 5.69 Å². The minimum atomic E-state index is -0.875. The summed E-state index contributed by atoms with van der Waals surface area (Å²) in [4.78, 5) is 40.1. The summed E-state index contributed by atoms with van der Waals surface area (Å²) in [5.41, 5.74) is 1.84. The second kappa shape index (κ2) is 9.84. The number of aromatic nitrogens is 2. The van der Waals surface area contributed by atoms with Gasteiger partial charge in [0.05, 0.1) is 46.4 Å². The maximum absolute atomic E-state index is 12.7. The van der Waals surface area contributed by atoms with Gasteiger partial charge in [-0.05, 0) is 26.0 Å². The molecule has 3 rings (SSSR count). The first-order valence-electron chi connectivity index (χ1n) is 9.97. The molecule has 1 N–H and O–H groups in total. The fourth-order valence-electron chi connectivity index (χ4n) is 3.34. The fraction of sp³-hybridized carbons (Fsp3) is 0.318. The zero-order valence-corrected chi connectivity index (χ0v) is 17.4. The number of benzene rings is 2. The van der Waals surface area contributed by atoms with Gasteiger partial charge in [0.25, 0.3) is 5.69 Å². The number of hydrogen-bond acceptors (Lipinski definition) is 6. The quantitative estimate of drug-likeness (QED) is 0.319. The van der Waals surface area contributed by atoms with Crippen molar-refractivity contribution >= 4 is 28.6 Å². The third-order valence-corrected chi connectivity index (χ3v) is 4.69. The lowest BCUT2D eigenvalue weighted by Gasteiger charge is -2.19. The highest BCUT2D eigenvalue weighted by Gasteiger charge is 2.26. The highest BCUT2D eigenvalue weighted by atomic mass is 16.6. The predicted molar refractivity (Wildman–Crippen MR) is 114 cm³/mol. The summed E-state index contributed by atoms with van der Waals surface area (Å²) in [6.45, 7) is 3.81. The Morgan fingerprint density at radius 1 is 1.16 bits per heavy atom. The van der Waals surface area contributed by atoms with E-state index in [4.69, 9.17) is 4.74 Å². The summed E-state index contributed by atoms with van der Waals surface area (Å²) in [5, 5.41) is 14.2. The van der Waals surface area contributed by atoms with Crippen molar-refractivity contribution < 1.29 is 19.2 Å². The van der Waals surface area contributed by atoms with E-state index >= 15 is 0 Å². The summed E-state index contributed by atoms with van der Waals surface area (Å²) < 4.78 is 7.04. The number of carbonyl (C=O) groups excluding carboxylic acids is 2. The second-order valence-electron chi connectivity index (χ2n) is 7.36. The molecular weight excluding hydrogens is 400 g/mol. The lowest BCUT2D eigenvalue weighted by atomic mass is 10.0. The summed E-state index contributed by atoms with van der Waals surface area (Å²) in [5.74, 6) is -0.877. The number of ether oxygens (including phenoxy) is 1. The Kier molecular flexibility index (Phi) is 6.96. The molecular formula is C22H24N4O5.